The molecule has 0 aromatic carbocycles. The highest BCUT2D eigenvalue weighted by atomic mass is 33.1. The highest BCUT2D eigenvalue weighted by Crippen LogP contribution is 2.11. The van der Waals surface area contributed by atoms with Crippen LogP contribution in [0.15, 0.2) is 0 Å². The van der Waals surface area contributed by atoms with Crippen molar-refractivity contribution in [1.29, 1.82) is 0 Å². The molecule has 0 aliphatic heterocycles. The van der Waals surface area contributed by atoms with E-state index in [2.05, 4.69) is 18.6 Å². The zero-order valence-electron chi connectivity index (χ0n) is 6.21. The Labute approximate surface area is 81.5 Å². The van der Waals surface area contributed by atoms with Crippen LogP contribution >= 0.6 is 46.0 Å². The predicted molar refractivity (Wildman–Crippen MR) is 61.8 cm³/mol. The van der Waals surface area contributed by atoms with E-state index in [9.17, 15) is 0 Å². The average molecular weight is 214 g/mol. The summed E-state index contributed by atoms with van der Waals surface area (Å²) in [5, 5.41) is 0. The van der Waals surface area contributed by atoms with Gasteiger partial charge in [0.1, 0.15) is 0 Å². The number of rotatable bonds is 7. The first-order valence-corrected chi connectivity index (χ1v) is 7.68. The van der Waals surface area contributed by atoms with Gasteiger partial charge >= 0.3 is 0 Å². The SMILES string of the molecule is CCSCCSCCSS. The second-order valence-electron chi connectivity index (χ2n) is 1.64. The van der Waals surface area contributed by atoms with Crippen LogP contribution in [-0.2, 0) is 0 Å². The molecule has 0 fully saturated rings. The summed E-state index contributed by atoms with van der Waals surface area (Å²) in [6.45, 7) is 2.21. The van der Waals surface area contributed by atoms with Crippen molar-refractivity contribution in [1.82, 2.24) is 0 Å². The Morgan fingerprint density at radius 2 is 1.60 bits per heavy atom. The van der Waals surface area contributed by atoms with Crippen LogP contribution in [0, 0.1) is 0 Å². The van der Waals surface area contributed by atoms with Gasteiger partial charge in [-0.15, -0.1) is 11.7 Å². The minimum absolute atomic E-state index is 1.17. The Hall–Kier alpha value is 1.40. The van der Waals surface area contributed by atoms with Crippen LogP contribution in [-0.4, -0.2) is 28.8 Å². The summed E-state index contributed by atoms with van der Waals surface area (Å²) >= 11 is 8.11. The molecule has 0 rings (SSSR count). The summed E-state index contributed by atoms with van der Waals surface area (Å²) in [5.74, 6) is 6.27. The summed E-state index contributed by atoms with van der Waals surface area (Å²) in [4.78, 5) is 0. The monoisotopic (exact) mass is 214 g/mol. The van der Waals surface area contributed by atoms with Gasteiger partial charge in [0.25, 0.3) is 0 Å². The first-order valence-electron chi connectivity index (χ1n) is 3.33. The second kappa shape index (κ2) is 10.4. The van der Waals surface area contributed by atoms with Crippen molar-refractivity contribution in [2.75, 3.05) is 28.8 Å². The first kappa shape index (κ1) is 11.4. The van der Waals surface area contributed by atoms with Gasteiger partial charge in [0.05, 0.1) is 0 Å². The molecule has 0 atom stereocenters. The molecular weight excluding hydrogens is 200 g/mol. The molecule has 0 saturated carbocycles. The molecule has 0 heterocycles. The highest BCUT2D eigenvalue weighted by molar-refractivity contribution is 8.68. The number of thiol groups is 1. The van der Waals surface area contributed by atoms with E-state index in [0.29, 0.717) is 0 Å². The largest absolute Gasteiger partial charge is 0.161 e. The molecule has 0 unspecified atom stereocenters. The molecule has 10 heavy (non-hydrogen) atoms. The van der Waals surface area contributed by atoms with Crippen molar-refractivity contribution in [2.24, 2.45) is 0 Å². The van der Waals surface area contributed by atoms with Crippen molar-refractivity contribution in [3.8, 4) is 0 Å². The molecule has 4 heteroatoms. The molecule has 0 saturated heterocycles. The van der Waals surface area contributed by atoms with Gasteiger partial charge in [0, 0.05) is 23.0 Å². The minimum atomic E-state index is 1.17. The quantitative estimate of drug-likeness (QED) is 0.393. The van der Waals surface area contributed by atoms with Crippen molar-refractivity contribution >= 4 is 46.0 Å². The summed E-state index contributed by atoms with van der Waals surface area (Å²) in [5.41, 5.74) is 0. The third-order valence-electron chi connectivity index (χ3n) is 0.895. The van der Waals surface area contributed by atoms with E-state index in [1.54, 1.807) is 10.8 Å². The summed E-state index contributed by atoms with van der Waals surface area (Å²) in [6, 6.07) is 0. The molecule has 0 spiro atoms. The van der Waals surface area contributed by atoms with E-state index < -0.39 is 0 Å². The topological polar surface area (TPSA) is 0 Å². The maximum absolute atomic E-state index is 4.06. The summed E-state index contributed by atoms with van der Waals surface area (Å²) in [6.07, 6.45) is 0. The molecule has 0 N–H and O–H groups in total. The van der Waals surface area contributed by atoms with Crippen molar-refractivity contribution < 1.29 is 0 Å². The number of hydrogen-bond donors (Lipinski definition) is 1. The van der Waals surface area contributed by atoms with Crippen LogP contribution in [0.3, 0.4) is 0 Å². The van der Waals surface area contributed by atoms with Crippen LogP contribution in [0.25, 0.3) is 0 Å². The molecule has 0 aromatic heterocycles. The van der Waals surface area contributed by atoms with E-state index in [-0.39, 0.29) is 0 Å². The molecule has 0 bridgehead atoms. The standard InChI is InChI=1S/C6H14S4/c1-2-8-3-4-9-5-6-10-7/h7H,2-6H2,1H3. The Balaban J connectivity index is 2.65. The Bertz CT molecular complexity index is 49.7. The van der Waals surface area contributed by atoms with Crippen LogP contribution < -0.4 is 0 Å². The zero-order valence-corrected chi connectivity index (χ0v) is 9.55. The predicted octanol–water partition coefficient (Wildman–Crippen LogP) is 3.05. The van der Waals surface area contributed by atoms with Crippen LogP contribution in [0.5, 0.6) is 0 Å². The van der Waals surface area contributed by atoms with Gasteiger partial charge in [-0.2, -0.15) is 23.5 Å². The van der Waals surface area contributed by atoms with Crippen LogP contribution in [0.4, 0.5) is 0 Å². The molecular formula is C6H14S4. The van der Waals surface area contributed by atoms with E-state index >= 15 is 0 Å². The van der Waals surface area contributed by atoms with Gasteiger partial charge in [-0.1, -0.05) is 17.7 Å². The van der Waals surface area contributed by atoms with Gasteiger partial charge in [-0.25, -0.2) is 0 Å². The average Bonchev–Trinajstić information content (AvgIpc) is 1.97. The van der Waals surface area contributed by atoms with Crippen LogP contribution in [0.2, 0.25) is 0 Å². The van der Waals surface area contributed by atoms with Gasteiger partial charge < -0.3 is 0 Å². The molecule has 0 aliphatic rings. The summed E-state index contributed by atoms with van der Waals surface area (Å²) in [7, 11) is 1.63. The van der Waals surface area contributed by atoms with Crippen molar-refractivity contribution in [3.63, 3.8) is 0 Å². The van der Waals surface area contributed by atoms with E-state index in [1.807, 2.05) is 23.5 Å². The Kier molecular flexibility index (Phi) is 11.9. The first-order chi connectivity index (χ1) is 4.91. The minimum Gasteiger partial charge on any atom is -0.161 e. The zero-order chi connectivity index (χ0) is 7.66. The molecule has 0 radical (unpaired) electrons. The summed E-state index contributed by atoms with van der Waals surface area (Å²) < 4.78 is 0. The van der Waals surface area contributed by atoms with Crippen LogP contribution in [0.1, 0.15) is 6.92 Å². The lowest BCUT2D eigenvalue weighted by Crippen LogP contribution is -1.88. The third-order valence-corrected chi connectivity index (χ3v) is 4.23. The number of hydrogen-bond acceptors (Lipinski definition) is 4. The van der Waals surface area contributed by atoms with Gasteiger partial charge in [0.15, 0.2) is 0 Å². The molecule has 0 aliphatic carbocycles. The lowest BCUT2D eigenvalue weighted by molar-refractivity contribution is 1.46. The molecule has 0 nitrogen and oxygen atoms in total. The third kappa shape index (κ3) is 9.40. The van der Waals surface area contributed by atoms with Gasteiger partial charge in [-0.3, -0.25) is 0 Å². The highest BCUT2D eigenvalue weighted by Gasteiger charge is 1.88. The van der Waals surface area contributed by atoms with E-state index in [1.165, 1.54) is 28.8 Å². The lowest BCUT2D eigenvalue weighted by atomic mass is 10.9. The number of thioether (sulfide) groups is 2. The fourth-order valence-corrected chi connectivity index (χ4v) is 3.34. The fraction of sp³-hybridized carbons (Fsp3) is 1.00. The normalized spacial score (nSPS) is 10.2. The second-order valence-corrected chi connectivity index (χ2v) is 5.70. The smallest absolute Gasteiger partial charge is 0.0125 e. The van der Waals surface area contributed by atoms with Crippen molar-refractivity contribution in [3.05, 3.63) is 0 Å². The maximum atomic E-state index is 4.06. The van der Waals surface area contributed by atoms with Crippen molar-refractivity contribution in [2.45, 2.75) is 6.92 Å². The van der Waals surface area contributed by atoms with E-state index in [0.717, 1.165) is 0 Å². The lowest BCUT2D eigenvalue weighted by Gasteiger charge is -1.97. The maximum Gasteiger partial charge on any atom is 0.0125 e. The Morgan fingerprint density at radius 1 is 1.00 bits per heavy atom. The molecule has 0 amide bonds. The van der Waals surface area contributed by atoms with E-state index in [4.69, 9.17) is 0 Å². The molecule has 0 aromatic rings. The fourth-order valence-electron chi connectivity index (χ4n) is 0.460. The van der Waals surface area contributed by atoms with Gasteiger partial charge in [-0.05, 0) is 5.75 Å². The van der Waals surface area contributed by atoms with Gasteiger partial charge in [0.2, 0.25) is 0 Å². The molecule has 62 valence electrons. The Morgan fingerprint density at radius 3 is 2.20 bits per heavy atom.